The van der Waals surface area contributed by atoms with E-state index in [1.165, 1.54) is 64.6 Å². The van der Waals surface area contributed by atoms with Gasteiger partial charge in [0.2, 0.25) is 5.69 Å². The van der Waals surface area contributed by atoms with Crippen LogP contribution in [-0.2, 0) is 12.5 Å². The summed E-state index contributed by atoms with van der Waals surface area (Å²) in [5.41, 5.74) is 9.56. The number of nitrogens with zero attached hydrogens (tertiary/aromatic N) is 1. The van der Waals surface area contributed by atoms with E-state index >= 15 is 0 Å². The first-order valence-electron chi connectivity index (χ1n) is 12.8. The number of benzene rings is 2. The SMILES string of the molecule is [2H]c1c(C)[n+](C)c(-c2cc(C(C)(C)C)cc(C)c2C)c2ccc(C3CCC(C)(C)CC3)cc12. The van der Waals surface area contributed by atoms with E-state index in [9.17, 15) is 0 Å². The first-order valence-corrected chi connectivity index (χ1v) is 12.3. The molecule has 0 N–H and O–H groups in total. The van der Waals surface area contributed by atoms with E-state index in [1.54, 1.807) is 0 Å². The lowest BCUT2D eigenvalue weighted by Crippen LogP contribution is -2.35. The van der Waals surface area contributed by atoms with Gasteiger partial charge in [-0.25, -0.2) is 0 Å². The topological polar surface area (TPSA) is 3.88 Å². The van der Waals surface area contributed by atoms with Crippen LogP contribution in [0.3, 0.4) is 0 Å². The molecule has 4 rings (SSSR count). The Morgan fingerprint density at radius 3 is 2.28 bits per heavy atom. The number of fused-ring (bicyclic) bond motifs is 1. The average Bonchev–Trinajstić information content (AvgIpc) is 2.74. The van der Waals surface area contributed by atoms with Gasteiger partial charge >= 0.3 is 0 Å². The van der Waals surface area contributed by atoms with Gasteiger partial charge in [-0.05, 0) is 96.1 Å². The van der Waals surface area contributed by atoms with Gasteiger partial charge in [0.1, 0.15) is 7.05 Å². The summed E-state index contributed by atoms with van der Waals surface area (Å²) >= 11 is 0. The highest BCUT2D eigenvalue weighted by Gasteiger charge is 2.29. The Hall–Kier alpha value is -2.15. The van der Waals surface area contributed by atoms with E-state index in [4.69, 9.17) is 1.37 Å². The van der Waals surface area contributed by atoms with Crippen molar-refractivity contribution >= 4 is 10.8 Å². The Labute approximate surface area is 197 Å². The highest BCUT2D eigenvalue weighted by molar-refractivity contribution is 5.94. The lowest BCUT2D eigenvalue weighted by Gasteiger charge is -2.34. The van der Waals surface area contributed by atoms with E-state index in [1.807, 2.05) is 0 Å². The van der Waals surface area contributed by atoms with E-state index < -0.39 is 0 Å². The zero-order chi connectivity index (χ0) is 24.3. The van der Waals surface area contributed by atoms with Crippen molar-refractivity contribution in [2.45, 2.75) is 92.4 Å². The second kappa shape index (κ2) is 8.01. The smallest absolute Gasteiger partial charge is 0.198 e. The van der Waals surface area contributed by atoms with Gasteiger partial charge in [-0.15, -0.1) is 0 Å². The van der Waals surface area contributed by atoms with Crippen LogP contribution in [0.1, 0.15) is 95.5 Å². The molecule has 0 amide bonds. The summed E-state index contributed by atoms with van der Waals surface area (Å²) in [6.45, 7) is 18.2. The normalized spacial score (nSPS) is 17.6. The molecule has 1 aliphatic rings. The molecule has 0 spiro atoms. The Morgan fingerprint density at radius 2 is 1.66 bits per heavy atom. The second-order valence-corrected chi connectivity index (χ2v) is 12.1. The fraction of sp³-hybridized carbons (Fsp3) is 0.516. The monoisotopic (exact) mass is 429 g/mol. The van der Waals surface area contributed by atoms with Crippen molar-refractivity contribution in [2.75, 3.05) is 0 Å². The van der Waals surface area contributed by atoms with Crippen LogP contribution in [0.5, 0.6) is 0 Å². The van der Waals surface area contributed by atoms with E-state index in [0.717, 1.165) is 11.1 Å². The summed E-state index contributed by atoms with van der Waals surface area (Å²) in [6.07, 6.45) is 5.08. The van der Waals surface area contributed by atoms with E-state index in [0.29, 0.717) is 17.4 Å². The summed E-state index contributed by atoms with van der Waals surface area (Å²) in [5, 5.41) is 2.29. The first kappa shape index (κ1) is 21.7. The molecule has 0 unspecified atom stereocenters. The lowest BCUT2D eigenvalue weighted by molar-refractivity contribution is -0.665. The molecule has 0 saturated heterocycles. The van der Waals surface area contributed by atoms with Gasteiger partial charge in [-0.1, -0.05) is 52.8 Å². The molecule has 0 aliphatic heterocycles. The van der Waals surface area contributed by atoms with Crippen molar-refractivity contribution in [3.63, 3.8) is 0 Å². The third-order valence-corrected chi connectivity index (χ3v) is 8.05. The number of hydrogen-bond acceptors (Lipinski definition) is 0. The largest absolute Gasteiger partial charge is 0.220 e. The quantitative estimate of drug-likeness (QED) is 0.361. The molecular formula is C31H42N+. The second-order valence-electron chi connectivity index (χ2n) is 12.1. The van der Waals surface area contributed by atoms with Gasteiger partial charge in [-0.2, -0.15) is 4.57 Å². The third kappa shape index (κ3) is 4.24. The van der Waals surface area contributed by atoms with Gasteiger partial charge in [0.25, 0.3) is 0 Å². The van der Waals surface area contributed by atoms with Crippen LogP contribution < -0.4 is 4.57 Å². The predicted molar refractivity (Wildman–Crippen MR) is 138 cm³/mol. The standard InChI is InChI=1S/C31H42N/c1-20-16-26(30(4,5)6)19-28(22(20)3)29-27-11-10-24(18-25(27)17-21(2)32(29)9)23-12-14-31(7,8)15-13-23/h10-11,16-19,23H,12-15H2,1-9H3/q+1/i17D. The zero-order valence-electron chi connectivity index (χ0n) is 22.7. The molecule has 1 heterocycles. The van der Waals surface area contributed by atoms with Crippen molar-refractivity contribution in [3.05, 3.63) is 64.3 Å². The van der Waals surface area contributed by atoms with Crippen molar-refractivity contribution in [1.29, 1.82) is 0 Å². The predicted octanol–water partition coefficient (Wildman–Crippen LogP) is 8.24. The summed E-state index contributed by atoms with van der Waals surface area (Å²) in [6, 6.07) is 12.4. The van der Waals surface area contributed by atoms with Crippen LogP contribution in [0, 0.1) is 26.2 Å². The van der Waals surface area contributed by atoms with E-state index in [2.05, 4.69) is 97.3 Å². The maximum atomic E-state index is 8.98. The summed E-state index contributed by atoms with van der Waals surface area (Å²) in [7, 11) is 2.12. The Kier molecular flexibility index (Phi) is 5.43. The van der Waals surface area contributed by atoms with Crippen LogP contribution in [-0.4, -0.2) is 0 Å². The van der Waals surface area contributed by atoms with Gasteiger partial charge in [0.15, 0.2) is 5.69 Å². The minimum Gasteiger partial charge on any atom is -0.198 e. The minimum atomic E-state index is 0.0912. The number of hydrogen-bond donors (Lipinski definition) is 0. The average molecular weight is 430 g/mol. The Morgan fingerprint density at radius 1 is 1.00 bits per heavy atom. The Balaban J connectivity index is 1.93. The molecule has 32 heavy (non-hydrogen) atoms. The highest BCUT2D eigenvalue weighted by Crippen LogP contribution is 2.43. The van der Waals surface area contributed by atoms with Crippen molar-refractivity contribution in [1.82, 2.24) is 0 Å². The number of rotatable bonds is 2. The molecule has 0 atom stereocenters. The highest BCUT2D eigenvalue weighted by atomic mass is 14.9. The van der Waals surface area contributed by atoms with Crippen LogP contribution in [0.4, 0.5) is 0 Å². The number of pyridine rings is 1. The van der Waals surface area contributed by atoms with Crippen LogP contribution in [0.25, 0.3) is 22.0 Å². The van der Waals surface area contributed by atoms with Gasteiger partial charge in [-0.3, -0.25) is 0 Å². The molecule has 1 aromatic heterocycles. The van der Waals surface area contributed by atoms with Crippen molar-refractivity contribution in [3.8, 4) is 11.3 Å². The first-order chi connectivity index (χ1) is 15.3. The van der Waals surface area contributed by atoms with Crippen LogP contribution >= 0.6 is 0 Å². The summed E-state index contributed by atoms with van der Waals surface area (Å²) in [4.78, 5) is 0. The third-order valence-electron chi connectivity index (χ3n) is 8.05. The number of aromatic nitrogens is 1. The van der Waals surface area contributed by atoms with Crippen molar-refractivity contribution in [2.24, 2.45) is 12.5 Å². The molecule has 1 fully saturated rings. The fourth-order valence-electron chi connectivity index (χ4n) is 5.35. The summed E-state index contributed by atoms with van der Waals surface area (Å²) < 4.78 is 11.2. The van der Waals surface area contributed by atoms with Gasteiger partial charge < -0.3 is 0 Å². The Bertz CT molecular complexity index is 1220. The summed E-state index contributed by atoms with van der Waals surface area (Å²) in [5.74, 6) is 0.618. The van der Waals surface area contributed by atoms with Crippen LogP contribution in [0.2, 0.25) is 0 Å². The van der Waals surface area contributed by atoms with Crippen LogP contribution in [0.15, 0.2) is 36.4 Å². The molecule has 0 radical (unpaired) electrons. The molecule has 170 valence electrons. The van der Waals surface area contributed by atoms with Gasteiger partial charge in [0, 0.05) is 13.0 Å². The molecule has 0 bridgehead atoms. The lowest BCUT2D eigenvalue weighted by atomic mass is 9.71. The molecule has 1 aliphatic carbocycles. The molecule has 1 nitrogen and oxygen atoms in total. The maximum absolute atomic E-state index is 8.98. The fourth-order valence-corrected chi connectivity index (χ4v) is 5.35. The molecule has 2 aromatic carbocycles. The maximum Gasteiger partial charge on any atom is 0.220 e. The zero-order valence-corrected chi connectivity index (χ0v) is 21.7. The molecular weight excluding hydrogens is 386 g/mol. The van der Waals surface area contributed by atoms with Gasteiger partial charge in [0.05, 0.1) is 12.3 Å². The van der Waals surface area contributed by atoms with E-state index in [-0.39, 0.29) is 5.41 Å². The number of aryl methyl sites for hydroxylation is 1. The molecule has 1 heteroatoms. The minimum absolute atomic E-state index is 0.0912. The molecule has 3 aromatic rings. The molecule has 1 saturated carbocycles. The van der Waals surface area contributed by atoms with Crippen molar-refractivity contribution < 1.29 is 5.94 Å².